The van der Waals surface area contributed by atoms with Gasteiger partial charge in [-0.3, -0.25) is 9.48 Å². The SMILES string of the molecule is Cn1cc(-c2nc3n(c2NC(=O)CC2(O)CCCC2)CCCC3)cn1. The van der Waals surface area contributed by atoms with Gasteiger partial charge in [-0.2, -0.15) is 5.10 Å². The van der Waals surface area contributed by atoms with Crippen molar-refractivity contribution in [3.8, 4) is 11.3 Å². The Kier molecular flexibility index (Phi) is 4.11. The highest BCUT2D eigenvalue weighted by Gasteiger charge is 2.34. The second-order valence-corrected chi connectivity index (χ2v) is 7.39. The van der Waals surface area contributed by atoms with Crippen LogP contribution in [0.1, 0.15) is 50.8 Å². The van der Waals surface area contributed by atoms with Crippen molar-refractivity contribution in [1.29, 1.82) is 0 Å². The standard InChI is InChI=1S/C18H25N5O2/c1-22-12-13(11-19-22)16-17(23-9-5-2-6-14(23)20-16)21-15(24)10-18(25)7-3-4-8-18/h11-12,25H,2-10H2,1H3,(H,21,24). The molecule has 0 aromatic carbocycles. The molecule has 0 radical (unpaired) electrons. The number of nitrogens with zero attached hydrogens (tertiary/aromatic N) is 4. The van der Waals surface area contributed by atoms with Crippen molar-refractivity contribution in [3.63, 3.8) is 0 Å². The molecule has 1 aliphatic carbocycles. The molecule has 134 valence electrons. The molecular formula is C18H25N5O2. The molecule has 2 aromatic heterocycles. The number of hydrogen-bond acceptors (Lipinski definition) is 4. The normalized spacial score (nSPS) is 19.0. The Morgan fingerprint density at radius 2 is 2.12 bits per heavy atom. The first-order valence-corrected chi connectivity index (χ1v) is 9.15. The number of aromatic nitrogens is 4. The average molecular weight is 343 g/mol. The van der Waals surface area contributed by atoms with Crippen LogP contribution in [-0.2, 0) is 24.8 Å². The van der Waals surface area contributed by atoms with E-state index in [0.717, 1.165) is 61.5 Å². The molecule has 0 spiro atoms. The highest BCUT2D eigenvalue weighted by atomic mass is 16.3. The first-order chi connectivity index (χ1) is 12.0. The number of carbonyl (C=O) groups is 1. The molecule has 2 aliphatic rings. The Morgan fingerprint density at radius 1 is 1.32 bits per heavy atom. The number of amides is 1. The minimum absolute atomic E-state index is 0.136. The number of rotatable bonds is 4. The van der Waals surface area contributed by atoms with Gasteiger partial charge in [-0.15, -0.1) is 0 Å². The maximum Gasteiger partial charge on any atom is 0.228 e. The van der Waals surface area contributed by atoms with E-state index in [-0.39, 0.29) is 12.3 Å². The number of fused-ring (bicyclic) bond motifs is 1. The molecule has 2 N–H and O–H groups in total. The Morgan fingerprint density at radius 3 is 2.84 bits per heavy atom. The Bertz CT molecular complexity index is 785. The third kappa shape index (κ3) is 3.20. The van der Waals surface area contributed by atoms with E-state index in [2.05, 4.69) is 15.0 Å². The second kappa shape index (κ2) is 6.29. The maximum absolute atomic E-state index is 12.6. The van der Waals surface area contributed by atoms with Crippen molar-refractivity contribution >= 4 is 11.7 Å². The maximum atomic E-state index is 12.6. The lowest BCUT2D eigenvalue weighted by Crippen LogP contribution is -2.31. The first kappa shape index (κ1) is 16.3. The quantitative estimate of drug-likeness (QED) is 0.892. The van der Waals surface area contributed by atoms with Crippen LogP contribution in [0.15, 0.2) is 12.4 Å². The average Bonchev–Trinajstić information content (AvgIpc) is 3.27. The van der Waals surface area contributed by atoms with E-state index in [9.17, 15) is 9.90 Å². The van der Waals surface area contributed by atoms with Gasteiger partial charge < -0.3 is 15.0 Å². The summed E-state index contributed by atoms with van der Waals surface area (Å²) in [7, 11) is 1.87. The van der Waals surface area contributed by atoms with Crippen molar-refractivity contribution in [2.45, 2.75) is 63.5 Å². The van der Waals surface area contributed by atoms with E-state index in [4.69, 9.17) is 4.98 Å². The van der Waals surface area contributed by atoms with Gasteiger partial charge in [0.15, 0.2) is 0 Å². The van der Waals surface area contributed by atoms with E-state index in [0.29, 0.717) is 12.8 Å². The van der Waals surface area contributed by atoms with E-state index in [1.165, 1.54) is 0 Å². The van der Waals surface area contributed by atoms with Gasteiger partial charge in [-0.25, -0.2) is 4.98 Å². The van der Waals surface area contributed by atoms with Crippen molar-refractivity contribution in [2.75, 3.05) is 5.32 Å². The van der Waals surface area contributed by atoms with Crippen molar-refractivity contribution < 1.29 is 9.90 Å². The largest absolute Gasteiger partial charge is 0.389 e. The fourth-order valence-corrected chi connectivity index (χ4v) is 4.04. The number of aryl methyl sites for hydroxylation is 2. The molecule has 7 heteroatoms. The summed E-state index contributed by atoms with van der Waals surface area (Å²) in [4.78, 5) is 17.4. The van der Waals surface area contributed by atoms with Gasteiger partial charge in [0, 0.05) is 31.8 Å². The third-order valence-electron chi connectivity index (χ3n) is 5.34. The lowest BCUT2D eigenvalue weighted by molar-refractivity contribution is -0.120. The van der Waals surface area contributed by atoms with Crippen LogP contribution in [0, 0.1) is 0 Å². The summed E-state index contributed by atoms with van der Waals surface area (Å²) in [6.07, 6.45) is 10.4. The smallest absolute Gasteiger partial charge is 0.228 e. The van der Waals surface area contributed by atoms with Crippen LogP contribution in [-0.4, -0.2) is 35.9 Å². The van der Waals surface area contributed by atoms with Crippen molar-refractivity contribution in [3.05, 3.63) is 18.2 Å². The Labute approximate surface area is 147 Å². The summed E-state index contributed by atoms with van der Waals surface area (Å²) in [6, 6.07) is 0. The van der Waals surface area contributed by atoms with Gasteiger partial charge in [0.05, 0.1) is 18.2 Å². The van der Waals surface area contributed by atoms with E-state index < -0.39 is 5.60 Å². The highest BCUT2D eigenvalue weighted by molar-refractivity contribution is 5.94. The molecule has 0 saturated heterocycles. The molecule has 4 rings (SSSR count). The van der Waals surface area contributed by atoms with Crippen LogP contribution >= 0.6 is 0 Å². The zero-order valence-corrected chi connectivity index (χ0v) is 14.7. The first-order valence-electron chi connectivity index (χ1n) is 9.15. The Balaban J connectivity index is 1.63. The van der Waals surface area contributed by atoms with Crippen LogP contribution < -0.4 is 5.32 Å². The van der Waals surface area contributed by atoms with Gasteiger partial charge in [0.1, 0.15) is 17.3 Å². The minimum Gasteiger partial charge on any atom is -0.389 e. The second-order valence-electron chi connectivity index (χ2n) is 7.39. The molecule has 0 bridgehead atoms. The number of imidazole rings is 1. The number of aliphatic hydroxyl groups is 1. The molecule has 2 aromatic rings. The highest BCUT2D eigenvalue weighted by Crippen LogP contribution is 2.34. The van der Waals surface area contributed by atoms with Crippen LogP contribution in [0.2, 0.25) is 0 Å². The summed E-state index contributed by atoms with van der Waals surface area (Å²) in [6.45, 7) is 0.864. The molecule has 1 saturated carbocycles. The van der Waals surface area contributed by atoms with Gasteiger partial charge in [0.2, 0.25) is 5.91 Å². The van der Waals surface area contributed by atoms with E-state index in [1.807, 2.05) is 13.2 Å². The number of nitrogens with one attached hydrogen (secondary N) is 1. The van der Waals surface area contributed by atoms with Gasteiger partial charge in [-0.1, -0.05) is 12.8 Å². The number of anilines is 1. The van der Waals surface area contributed by atoms with Crippen LogP contribution in [0.3, 0.4) is 0 Å². The van der Waals surface area contributed by atoms with Gasteiger partial charge in [0.25, 0.3) is 0 Å². The molecule has 7 nitrogen and oxygen atoms in total. The summed E-state index contributed by atoms with van der Waals surface area (Å²) in [5, 5.41) is 17.8. The topological polar surface area (TPSA) is 85.0 Å². The van der Waals surface area contributed by atoms with Crippen molar-refractivity contribution in [1.82, 2.24) is 19.3 Å². The van der Waals surface area contributed by atoms with Crippen LogP contribution in [0.5, 0.6) is 0 Å². The fourth-order valence-electron chi connectivity index (χ4n) is 4.04. The number of hydrogen-bond donors (Lipinski definition) is 2. The lowest BCUT2D eigenvalue weighted by atomic mass is 9.98. The third-order valence-corrected chi connectivity index (χ3v) is 5.34. The van der Waals surface area contributed by atoms with Crippen LogP contribution in [0.25, 0.3) is 11.3 Å². The lowest BCUT2D eigenvalue weighted by Gasteiger charge is -2.22. The fraction of sp³-hybridized carbons (Fsp3) is 0.611. The molecule has 1 fully saturated rings. The van der Waals surface area contributed by atoms with Gasteiger partial charge >= 0.3 is 0 Å². The predicted molar refractivity (Wildman–Crippen MR) is 94.0 cm³/mol. The summed E-state index contributed by atoms with van der Waals surface area (Å²) in [5.41, 5.74) is 0.833. The van der Waals surface area contributed by atoms with Crippen LogP contribution in [0.4, 0.5) is 5.82 Å². The number of carbonyl (C=O) groups excluding carboxylic acids is 1. The molecule has 0 atom stereocenters. The molecule has 1 amide bonds. The van der Waals surface area contributed by atoms with Crippen molar-refractivity contribution in [2.24, 2.45) is 7.05 Å². The zero-order valence-electron chi connectivity index (χ0n) is 14.7. The monoisotopic (exact) mass is 343 g/mol. The molecule has 1 aliphatic heterocycles. The molecular weight excluding hydrogens is 318 g/mol. The predicted octanol–water partition coefficient (Wildman–Crippen LogP) is 2.25. The minimum atomic E-state index is -0.844. The zero-order chi connectivity index (χ0) is 17.4. The molecule has 0 unspecified atom stereocenters. The molecule has 3 heterocycles. The van der Waals surface area contributed by atoms with Gasteiger partial charge in [-0.05, 0) is 25.7 Å². The summed E-state index contributed by atoms with van der Waals surface area (Å²) < 4.78 is 3.85. The summed E-state index contributed by atoms with van der Waals surface area (Å²) in [5.74, 6) is 1.62. The Hall–Kier alpha value is -2.15. The van der Waals surface area contributed by atoms with E-state index >= 15 is 0 Å². The molecule has 25 heavy (non-hydrogen) atoms. The van der Waals surface area contributed by atoms with E-state index in [1.54, 1.807) is 10.9 Å². The summed E-state index contributed by atoms with van der Waals surface area (Å²) >= 11 is 0.